The third kappa shape index (κ3) is 3.44. The lowest BCUT2D eigenvalue weighted by atomic mass is 10.2. The van der Waals surface area contributed by atoms with Crippen molar-refractivity contribution in [3.8, 4) is 0 Å². The van der Waals surface area contributed by atoms with Crippen LogP contribution < -0.4 is 0 Å². The number of carboxylic acids is 1. The molecule has 0 aliphatic carbocycles. The molecular formula is C18H13BrN2O3. The van der Waals surface area contributed by atoms with Crippen molar-refractivity contribution in [3.05, 3.63) is 75.9 Å². The van der Waals surface area contributed by atoms with Crippen LogP contribution in [0.15, 0.2) is 69.8 Å². The van der Waals surface area contributed by atoms with E-state index in [4.69, 9.17) is 5.11 Å². The van der Waals surface area contributed by atoms with Gasteiger partial charge in [-0.25, -0.2) is 4.99 Å². The summed E-state index contributed by atoms with van der Waals surface area (Å²) in [5, 5.41) is 9.10. The van der Waals surface area contributed by atoms with Crippen LogP contribution in [0, 0.1) is 0 Å². The van der Waals surface area contributed by atoms with Gasteiger partial charge in [0.1, 0.15) is 18.1 Å². The van der Waals surface area contributed by atoms with Gasteiger partial charge in [0.2, 0.25) is 0 Å². The zero-order chi connectivity index (χ0) is 17.1. The van der Waals surface area contributed by atoms with Gasteiger partial charge >= 0.3 is 5.97 Å². The first-order chi connectivity index (χ1) is 11.5. The summed E-state index contributed by atoms with van der Waals surface area (Å²) in [6.07, 6.45) is 1.66. The summed E-state index contributed by atoms with van der Waals surface area (Å²) in [5.41, 5.74) is 1.74. The number of amides is 1. The molecule has 3 rings (SSSR count). The smallest absolute Gasteiger partial charge is 0.323 e. The average molecular weight is 385 g/mol. The summed E-state index contributed by atoms with van der Waals surface area (Å²) in [7, 11) is 0. The second-order valence-corrected chi connectivity index (χ2v) is 6.08. The first kappa shape index (κ1) is 16.1. The van der Waals surface area contributed by atoms with Gasteiger partial charge in [0.05, 0.1) is 0 Å². The van der Waals surface area contributed by atoms with Gasteiger partial charge in [0.25, 0.3) is 5.91 Å². The fourth-order valence-corrected chi connectivity index (χ4v) is 2.62. The van der Waals surface area contributed by atoms with Crippen LogP contribution in [0.4, 0.5) is 0 Å². The van der Waals surface area contributed by atoms with Crippen LogP contribution in [0.5, 0.6) is 0 Å². The minimum Gasteiger partial charge on any atom is -0.480 e. The van der Waals surface area contributed by atoms with E-state index in [1.807, 2.05) is 42.5 Å². The van der Waals surface area contributed by atoms with Gasteiger partial charge < -0.3 is 5.11 Å². The Balaban J connectivity index is 2.03. The molecule has 1 aliphatic heterocycles. The normalized spacial score (nSPS) is 15.7. The zero-order valence-corrected chi connectivity index (χ0v) is 14.1. The van der Waals surface area contributed by atoms with Gasteiger partial charge in [-0.3, -0.25) is 14.5 Å². The monoisotopic (exact) mass is 384 g/mol. The van der Waals surface area contributed by atoms with Crippen LogP contribution in [0.3, 0.4) is 0 Å². The van der Waals surface area contributed by atoms with E-state index < -0.39 is 18.4 Å². The van der Waals surface area contributed by atoms with Crippen molar-refractivity contribution in [1.82, 2.24) is 4.90 Å². The van der Waals surface area contributed by atoms with E-state index in [0.717, 1.165) is 10.0 Å². The molecule has 0 aromatic heterocycles. The molecule has 0 saturated carbocycles. The Bertz CT molecular complexity index is 842. The van der Waals surface area contributed by atoms with E-state index in [1.54, 1.807) is 18.2 Å². The number of aliphatic carboxylic acids is 1. The van der Waals surface area contributed by atoms with E-state index in [-0.39, 0.29) is 5.70 Å². The molecule has 0 spiro atoms. The number of hydrogen-bond donors (Lipinski definition) is 1. The van der Waals surface area contributed by atoms with Crippen LogP contribution in [0.2, 0.25) is 0 Å². The van der Waals surface area contributed by atoms with Crippen molar-refractivity contribution in [3.63, 3.8) is 0 Å². The molecule has 2 aromatic carbocycles. The molecule has 120 valence electrons. The molecular weight excluding hydrogens is 372 g/mol. The molecule has 1 amide bonds. The number of amidine groups is 1. The summed E-state index contributed by atoms with van der Waals surface area (Å²) >= 11 is 3.35. The third-order valence-electron chi connectivity index (χ3n) is 3.45. The molecule has 0 unspecified atom stereocenters. The van der Waals surface area contributed by atoms with Crippen LogP contribution in [0.1, 0.15) is 11.1 Å². The van der Waals surface area contributed by atoms with Crippen molar-refractivity contribution < 1.29 is 14.7 Å². The summed E-state index contributed by atoms with van der Waals surface area (Å²) < 4.78 is 0.890. The second-order valence-electron chi connectivity index (χ2n) is 5.17. The van der Waals surface area contributed by atoms with E-state index in [0.29, 0.717) is 11.4 Å². The number of halogens is 1. The lowest BCUT2D eigenvalue weighted by Gasteiger charge is -2.15. The molecule has 0 bridgehead atoms. The topological polar surface area (TPSA) is 70.0 Å². The largest absolute Gasteiger partial charge is 0.480 e. The molecule has 24 heavy (non-hydrogen) atoms. The summed E-state index contributed by atoms with van der Waals surface area (Å²) in [6.45, 7) is -0.431. The fraction of sp³-hybridized carbons (Fsp3) is 0.0556. The lowest BCUT2D eigenvalue weighted by molar-refractivity contribution is -0.140. The highest BCUT2D eigenvalue weighted by Gasteiger charge is 2.32. The van der Waals surface area contributed by atoms with E-state index >= 15 is 0 Å². The zero-order valence-electron chi connectivity index (χ0n) is 12.5. The van der Waals surface area contributed by atoms with Crippen molar-refractivity contribution >= 4 is 39.7 Å². The van der Waals surface area contributed by atoms with Crippen LogP contribution in [-0.2, 0) is 9.59 Å². The number of benzene rings is 2. The predicted octanol–water partition coefficient (Wildman–Crippen LogP) is 3.16. The molecule has 1 aliphatic rings. The van der Waals surface area contributed by atoms with E-state index in [9.17, 15) is 9.59 Å². The quantitative estimate of drug-likeness (QED) is 0.822. The van der Waals surface area contributed by atoms with Crippen molar-refractivity contribution in [2.24, 2.45) is 4.99 Å². The number of rotatable bonds is 4. The molecule has 1 N–H and O–H groups in total. The summed E-state index contributed by atoms with van der Waals surface area (Å²) in [5.74, 6) is -1.16. The van der Waals surface area contributed by atoms with Gasteiger partial charge in [-0.1, -0.05) is 58.4 Å². The van der Waals surface area contributed by atoms with Crippen LogP contribution >= 0.6 is 15.9 Å². The van der Waals surface area contributed by atoms with Crippen LogP contribution in [-0.4, -0.2) is 34.3 Å². The van der Waals surface area contributed by atoms with E-state index in [2.05, 4.69) is 20.9 Å². The van der Waals surface area contributed by atoms with Gasteiger partial charge in [-0.15, -0.1) is 0 Å². The molecule has 0 fully saturated rings. The predicted molar refractivity (Wildman–Crippen MR) is 94.4 cm³/mol. The fourth-order valence-electron chi connectivity index (χ4n) is 2.36. The SMILES string of the molecule is O=C(O)CN1C(=O)/C(=C/c2ccccc2)N=C1c1ccc(Br)cc1. The number of carboxylic acid groups (broad SMARTS) is 1. The van der Waals surface area contributed by atoms with Gasteiger partial charge in [-0.05, 0) is 23.8 Å². The molecule has 0 atom stereocenters. The first-order valence-corrected chi connectivity index (χ1v) is 7.99. The molecule has 6 heteroatoms. The maximum atomic E-state index is 12.6. The van der Waals surface area contributed by atoms with E-state index in [1.165, 1.54) is 4.90 Å². The average Bonchev–Trinajstić information content (AvgIpc) is 2.85. The standard InChI is InChI=1S/C18H13BrN2O3/c19-14-8-6-13(7-9-14)17-20-15(10-12-4-2-1-3-5-12)18(24)21(17)11-16(22)23/h1-10H,11H2,(H,22,23)/b15-10-. The van der Waals surface area contributed by atoms with Crippen molar-refractivity contribution in [2.45, 2.75) is 0 Å². The second kappa shape index (κ2) is 6.80. The minimum atomic E-state index is -1.09. The highest BCUT2D eigenvalue weighted by molar-refractivity contribution is 9.10. The molecule has 0 radical (unpaired) electrons. The first-order valence-electron chi connectivity index (χ1n) is 7.19. The molecule has 1 heterocycles. The summed E-state index contributed by atoms with van der Waals surface area (Å²) in [4.78, 5) is 29.2. The number of nitrogens with zero attached hydrogens (tertiary/aromatic N) is 2. The minimum absolute atomic E-state index is 0.223. The highest BCUT2D eigenvalue weighted by atomic mass is 79.9. The van der Waals surface area contributed by atoms with Crippen molar-refractivity contribution in [1.29, 1.82) is 0 Å². The molecule has 2 aromatic rings. The Morgan fingerprint density at radius 2 is 1.79 bits per heavy atom. The number of carbonyl (C=O) groups is 2. The highest BCUT2D eigenvalue weighted by Crippen LogP contribution is 2.23. The van der Waals surface area contributed by atoms with Crippen molar-refractivity contribution in [2.75, 3.05) is 6.54 Å². The number of hydrogen-bond acceptors (Lipinski definition) is 3. The van der Waals surface area contributed by atoms with Crippen LogP contribution in [0.25, 0.3) is 6.08 Å². The number of carbonyl (C=O) groups excluding carboxylic acids is 1. The molecule has 0 saturated heterocycles. The van der Waals surface area contributed by atoms with Gasteiger partial charge in [0, 0.05) is 10.0 Å². The maximum Gasteiger partial charge on any atom is 0.323 e. The Hall–Kier alpha value is -2.73. The Kier molecular flexibility index (Phi) is 4.57. The van der Waals surface area contributed by atoms with Gasteiger partial charge in [0.15, 0.2) is 0 Å². The lowest BCUT2D eigenvalue weighted by Crippen LogP contribution is -2.37. The van der Waals surface area contributed by atoms with Gasteiger partial charge in [-0.2, -0.15) is 0 Å². The number of aliphatic imine (C=N–C) groups is 1. The Labute approximate surface area is 147 Å². The Morgan fingerprint density at radius 3 is 2.42 bits per heavy atom. The maximum absolute atomic E-state index is 12.6. The Morgan fingerprint density at radius 1 is 1.12 bits per heavy atom. The molecule has 5 nitrogen and oxygen atoms in total. The third-order valence-corrected chi connectivity index (χ3v) is 3.97. The summed E-state index contributed by atoms with van der Waals surface area (Å²) in [6, 6.07) is 16.5.